The largest absolute Gasteiger partial charge is 0.488 e. The molecule has 0 saturated carbocycles. The standard InChI is InChI=1S/C25H18BrN3O6S/c26-18-9-10-21(35-15-16-5-4-8-20(11-16)29(33)34)17(12-18)13-22-24(31)28(25(32)36-22)14-23(30)27-19-6-2-1-3-7-19/h1-13H,14-15H2,(H,27,30)/b22-13-. The van der Waals surface area contributed by atoms with E-state index < -0.39 is 28.5 Å². The molecule has 1 aliphatic heterocycles. The van der Waals surface area contributed by atoms with E-state index in [0.29, 0.717) is 22.6 Å². The molecule has 0 spiro atoms. The highest BCUT2D eigenvalue weighted by molar-refractivity contribution is 9.10. The fourth-order valence-corrected chi connectivity index (χ4v) is 4.54. The third kappa shape index (κ3) is 6.18. The Morgan fingerprint density at radius 1 is 1.08 bits per heavy atom. The van der Waals surface area contributed by atoms with E-state index in [1.54, 1.807) is 60.7 Å². The maximum Gasteiger partial charge on any atom is 0.294 e. The van der Waals surface area contributed by atoms with Crippen LogP contribution in [0.2, 0.25) is 0 Å². The molecule has 36 heavy (non-hydrogen) atoms. The fraction of sp³-hybridized carbons (Fsp3) is 0.0800. The molecule has 1 aliphatic rings. The van der Waals surface area contributed by atoms with Crippen LogP contribution in [0.25, 0.3) is 6.08 Å². The summed E-state index contributed by atoms with van der Waals surface area (Å²) in [7, 11) is 0. The van der Waals surface area contributed by atoms with Crippen molar-refractivity contribution in [3.63, 3.8) is 0 Å². The number of rotatable bonds is 8. The van der Waals surface area contributed by atoms with Crippen molar-refractivity contribution in [2.75, 3.05) is 11.9 Å². The predicted molar refractivity (Wildman–Crippen MR) is 139 cm³/mol. The minimum Gasteiger partial charge on any atom is -0.488 e. The van der Waals surface area contributed by atoms with Crippen molar-refractivity contribution in [1.82, 2.24) is 4.90 Å². The van der Waals surface area contributed by atoms with E-state index in [-0.39, 0.29) is 17.2 Å². The molecule has 0 aromatic heterocycles. The molecule has 0 bridgehead atoms. The van der Waals surface area contributed by atoms with Crippen molar-refractivity contribution < 1.29 is 24.0 Å². The Morgan fingerprint density at radius 2 is 1.86 bits per heavy atom. The second-order valence-corrected chi connectivity index (χ2v) is 9.49. The lowest BCUT2D eigenvalue weighted by atomic mass is 10.1. The average molecular weight is 568 g/mol. The van der Waals surface area contributed by atoms with Gasteiger partial charge in [0.05, 0.1) is 9.83 Å². The number of hydrogen-bond donors (Lipinski definition) is 1. The molecule has 1 N–H and O–H groups in total. The normalized spacial score (nSPS) is 14.2. The van der Waals surface area contributed by atoms with Gasteiger partial charge in [-0.05, 0) is 53.7 Å². The van der Waals surface area contributed by atoms with Crippen molar-refractivity contribution in [3.05, 3.63) is 103 Å². The highest BCUT2D eigenvalue weighted by atomic mass is 79.9. The monoisotopic (exact) mass is 567 g/mol. The van der Waals surface area contributed by atoms with Gasteiger partial charge in [-0.3, -0.25) is 29.4 Å². The second kappa shape index (κ2) is 11.2. The van der Waals surface area contributed by atoms with Gasteiger partial charge in [0.15, 0.2) is 0 Å². The molecule has 0 aliphatic carbocycles. The highest BCUT2D eigenvalue weighted by Gasteiger charge is 2.36. The van der Waals surface area contributed by atoms with Gasteiger partial charge in [-0.15, -0.1) is 0 Å². The first-order chi connectivity index (χ1) is 17.3. The number of nitrogens with zero attached hydrogens (tertiary/aromatic N) is 2. The van der Waals surface area contributed by atoms with Gasteiger partial charge in [0.2, 0.25) is 5.91 Å². The number of imide groups is 1. The number of para-hydroxylation sites is 1. The summed E-state index contributed by atoms with van der Waals surface area (Å²) in [5, 5.41) is 13.1. The van der Waals surface area contributed by atoms with E-state index in [1.165, 1.54) is 18.2 Å². The zero-order valence-corrected chi connectivity index (χ0v) is 21.0. The smallest absolute Gasteiger partial charge is 0.294 e. The number of carbonyl (C=O) groups is 3. The number of thioether (sulfide) groups is 1. The number of ether oxygens (including phenoxy) is 1. The number of amides is 3. The van der Waals surface area contributed by atoms with Crippen molar-refractivity contribution in [1.29, 1.82) is 0 Å². The van der Waals surface area contributed by atoms with Gasteiger partial charge < -0.3 is 10.1 Å². The zero-order chi connectivity index (χ0) is 25.7. The Labute approximate surface area is 218 Å². The topological polar surface area (TPSA) is 119 Å². The molecule has 4 rings (SSSR count). The van der Waals surface area contributed by atoms with Crippen LogP contribution in [-0.4, -0.2) is 33.4 Å². The van der Waals surface area contributed by atoms with Crippen LogP contribution in [-0.2, 0) is 16.2 Å². The number of nitro benzene ring substituents is 1. The Morgan fingerprint density at radius 3 is 2.61 bits per heavy atom. The molecular weight excluding hydrogens is 550 g/mol. The number of carbonyl (C=O) groups excluding carboxylic acids is 3. The summed E-state index contributed by atoms with van der Waals surface area (Å²) in [6.45, 7) is -0.350. The minimum atomic E-state index is -0.585. The molecule has 0 atom stereocenters. The highest BCUT2D eigenvalue weighted by Crippen LogP contribution is 2.35. The van der Waals surface area contributed by atoms with Gasteiger partial charge in [-0.1, -0.05) is 46.3 Å². The Bertz CT molecular complexity index is 1380. The molecular formula is C25H18BrN3O6S. The van der Waals surface area contributed by atoms with E-state index in [2.05, 4.69) is 21.2 Å². The molecule has 3 aromatic carbocycles. The number of nitrogens with one attached hydrogen (secondary N) is 1. The van der Waals surface area contributed by atoms with Crippen molar-refractivity contribution in [2.24, 2.45) is 0 Å². The van der Waals surface area contributed by atoms with Crippen LogP contribution >= 0.6 is 27.7 Å². The predicted octanol–water partition coefficient (Wildman–Crippen LogP) is 5.61. The molecule has 0 unspecified atom stereocenters. The molecule has 11 heteroatoms. The first-order valence-corrected chi connectivity index (χ1v) is 12.2. The number of halogens is 1. The zero-order valence-electron chi connectivity index (χ0n) is 18.5. The Hall–Kier alpha value is -3.96. The van der Waals surface area contributed by atoms with Gasteiger partial charge in [0.25, 0.3) is 16.8 Å². The van der Waals surface area contributed by atoms with E-state index in [0.717, 1.165) is 21.1 Å². The summed E-state index contributed by atoms with van der Waals surface area (Å²) >= 11 is 4.12. The fourth-order valence-electron chi connectivity index (χ4n) is 3.33. The van der Waals surface area contributed by atoms with Crippen LogP contribution in [0.4, 0.5) is 16.2 Å². The quantitative estimate of drug-likeness (QED) is 0.213. The summed E-state index contributed by atoms with van der Waals surface area (Å²) < 4.78 is 6.59. The van der Waals surface area contributed by atoms with E-state index in [9.17, 15) is 24.5 Å². The maximum absolute atomic E-state index is 12.9. The molecule has 3 amide bonds. The summed E-state index contributed by atoms with van der Waals surface area (Å²) in [5.41, 5.74) is 1.64. The third-order valence-electron chi connectivity index (χ3n) is 5.01. The molecule has 9 nitrogen and oxygen atoms in total. The summed E-state index contributed by atoms with van der Waals surface area (Å²) in [6.07, 6.45) is 1.52. The minimum absolute atomic E-state index is 0.0443. The van der Waals surface area contributed by atoms with Gasteiger partial charge in [-0.25, -0.2) is 0 Å². The SMILES string of the molecule is O=C(CN1C(=O)S/C(=C\c2cc(Br)ccc2OCc2cccc([N+](=O)[O-])c2)C1=O)Nc1ccccc1. The third-order valence-corrected chi connectivity index (χ3v) is 6.41. The van der Waals surface area contributed by atoms with Crippen LogP contribution in [0.1, 0.15) is 11.1 Å². The van der Waals surface area contributed by atoms with Gasteiger partial charge in [0.1, 0.15) is 18.9 Å². The number of anilines is 1. The Balaban J connectivity index is 1.49. The van der Waals surface area contributed by atoms with Crippen molar-refractivity contribution in [2.45, 2.75) is 6.61 Å². The van der Waals surface area contributed by atoms with E-state index in [1.807, 2.05) is 0 Å². The lowest BCUT2D eigenvalue weighted by molar-refractivity contribution is -0.384. The number of non-ortho nitro benzene ring substituents is 1. The molecule has 1 saturated heterocycles. The lowest BCUT2D eigenvalue weighted by Crippen LogP contribution is -2.36. The summed E-state index contributed by atoms with van der Waals surface area (Å²) in [5.74, 6) is -0.663. The number of benzene rings is 3. The summed E-state index contributed by atoms with van der Waals surface area (Å²) in [4.78, 5) is 49.3. The van der Waals surface area contributed by atoms with Crippen LogP contribution in [0.3, 0.4) is 0 Å². The van der Waals surface area contributed by atoms with E-state index in [4.69, 9.17) is 4.74 Å². The Kier molecular flexibility index (Phi) is 7.81. The number of hydrogen-bond acceptors (Lipinski definition) is 7. The van der Waals surface area contributed by atoms with Gasteiger partial charge in [0, 0.05) is 27.9 Å². The maximum atomic E-state index is 12.9. The van der Waals surface area contributed by atoms with Crippen molar-refractivity contribution in [3.8, 4) is 5.75 Å². The van der Waals surface area contributed by atoms with Crippen LogP contribution in [0.5, 0.6) is 5.75 Å². The lowest BCUT2D eigenvalue weighted by Gasteiger charge is -2.12. The molecule has 182 valence electrons. The van der Waals surface area contributed by atoms with Crippen molar-refractivity contribution >= 4 is 62.2 Å². The molecule has 3 aromatic rings. The first kappa shape index (κ1) is 25.1. The van der Waals surface area contributed by atoms with Crippen LogP contribution < -0.4 is 10.1 Å². The van der Waals surface area contributed by atoms with Crippen LogP contribution in [0, 0.1) is 10.1 Å². The first-order valence-electron chi connectivity index (χ1n) is 10.6. The molecule has 1 fully saturated rings. The molecule has 0 radical (unpaired) electrons. The summed E-state index contributed by atoms with van der Waals surface area (Å²) in [6, 6.07) is 20.0. The average Bonchev–Trinajstić information content (AvgIpc) is 3.11. The number of nitro groups is 1. The second-order valence-electron chi connectivity index (χ2n) is 7.58. The molecule has 1 heterocycles. The van der Waals surface area contributed by atoms with E-state index >= 15 is 0 Å². The van der Waals surface area contributed by atoms with Crippen LogP contribution in [0.15, 0.2) is 82.2 Å². The van der Waals surface area contributed by atoms with Gasteiger partial charge >= 0.3 is 0 Å². The van der Waals surface area contributed by atoms with Gasteiger partial charge in [-0.2, -0.15) is 0 Å².